The monoisotopic (exact) mass is 389 g/mol. The summed E-state index contributed by atoms with van der Waals surface area (Å²) in [5.74, 6) is 0.669. The first-order valence-corrected chi connectivity index (χ1v) is 9.57. The van der Waals surface area contributed by atoms with Crippen molar-refractivity contribution in [1.82, 2.24) is 19.9 Å². The zero-order valence-corrected chi connectivity index (χ0v) is 16.4. The van der Waals surface area contributed by atoms with E-state index in [1.165, 1.54) is 0 Å². The van der Waals surface area contributed by atoms with Crippen LogP contribution in [0.3, 0.4) is 0 Å². The van der Waals surface area contributed by atoms with E-state index in [0.29, 0.717) is 12.4 Å². The van der Waals surface area contributed by atoms with Gasteiger partial charge in [0, 0.05) is 54.8 Å². The van der Waals surface area contributed by atoms with E-state index in [4.69, 9.17) is 4.74 Å². The lowest BCUT2D eigenvalue weighted by molar-refractivity contribution is 0.0788. The molecule has 1 aromatic carbocycles. The number of amides is 2. The number of carbonyl (C=O) groups is 1. The van der Waals surface area contributed by atoms with Crippen LogP contribution >= 0.6 is 0 Å². The molecule has 0 bridgehead atoms. The number of ether oxygens (including phenoxy) is 1. The number of aryl methyl sites for hydroxylation is 1. The van der Waals surface area contributed by atoms with Crippen molar-refractivity contribution in [2.45, 2.75) is 25.5 Å². The second kappa shape index (κ2) is 8.36. The number of aromatic nitrogens is 3. The molecular weight excluding hydrogens is 366 g/mol. The zero-order valence-electron chi connectivity index (χ0n) is 16.4. The molecule has 4 rings (SSSR count). The van der Waals surface area contributed by atoms with Crippen LogP contribution in [0.15, 0.2) is 61.1 Å². The minimum atomic E-state index is -0.172. The SMILES string of the molecule is Cc1ccnc(-c2ccc(NC(=O)N(C)[C@H]3CCO[C@@H]3c3cccnc3)cc2)n1. The second-order valence-corrected chi connectivity index (χ2v) is 7.07. The third kappa shape index (κ3) is 4.25. The highest BCUT2D eigenvalue weighted by Crippen LogP contribution is 2.32. The molecule has 3 heterocycles. The van der Waals surface area contributed by atoms with E-state index < -0.39 is 0 Å². The Morgan fingerprint density at radius 3 is 2.72 bits per heavy atom. The van der Waals surface area contributed by atoms with Crippen molar-refractivity contribution in [3.63, 3.8) is 0 Å². The second-order valence-electron chi connectivity index (χ2n) is 7.07. The van der Waals surface area contributed by atoms with Gasteiger partial charge in [0.2, 0.25) is 0 Å². The fourth-order valence-electron chi connectivity index (χ4n) is 3.49. The van der Waals surface area contributed by atoms with Gasteiger partial charge in [-0.25, -0.2) is 14.8 Å². The van der Waals surface area contributed by atoms with E-state index in [-0.39, 0.29) is 18.2 Å². The first-order valence-electron chi connectivity index (χ1n) is 9.57. The summed E-state index contributed by atoms with van der Waals surface area (Å²) >= 11 is 0. The number of nitrogens with one attached hydrogen (secondary N) is 1. The van der Waals surface area contributed by atoms with Crippen LogP contribution < -0.4 is 5.32 Å². The molecule has 2 atom stereocenters. The number of hydrogen-bond donors (Lipinski definition) is 1. The Bertz CT molecular complexity index is 978. The first-order chi connectivity index (χ1) is 14.1. The molecule has 1 aliphatic heterocycles. The predicted octanol–water partition coefficient (Wildman–Crippen LogP) is 3.84. The van der Waals surface area contributed by atoms with Crippen molar-refractivity contribution < 1.29 is 9.53 Å². The summed E-state index contributed by atoms with van der Waals surface area (Å²) in [5, 5.41) is 2.96. The maximum atomic E-state index is 12.8. The fourth-order valence-corrected chi connectivity index (χ4v) is 3.49. The van der Waals surface area contributed by atoms with Crippen LogP contribution in [0.5, 0.6) is 0 Å². The van der Waals surface area contributed by atoms with Crippen molar-refractivity contribution in [3.8, 4) is 11.4 Å². The number of pyridine rings is 1. The molecule has 2 amide bonds. The fraction of sp³-hybridized carbons (Fsp3) is 0.273. The number of benzene rings is 1. The first kappa shape index (κ1) is 19.0. The van der Waals surface area contributed by atoms with Crippen LogP contribution in [-0.2, 0) is 4.74 Å². The minimum Gasteiger partial charge on any atom is -0.371 e. The summed E-state index contributed by atoms with van der Waals surface area (Å²) < 4.78 is 5.87. The van der Waals surface area contributed by atoms with Gasteiger partial charge in [0.1, 0.15) is 6.10 Å². The molecule has 0 saturated carbocycles. The molecule has 0 spiro atoms. The average molecular weight is 389 g/mol. The van der Waals surface area contributed by atoms with E-state index in [0.717, 1.165) is 28.9 Å². The topological polar surface area (TPSA) is 80.2 Å². The molecule has 1 N–H and O–H groups in total. The molecular formula is C22H23N5O2. The van der Waals surface area contributed by atoms with Gasteiger partial charge in [-0.3, -0.25) is 4.98 Å². The van der Waals surface area contributed by atoms with E-state index in [1.807, 2.05) is 49.4 Å². The highest BCUT2D eigenvalue weighted by molar-refractivity contribution is 5.89. The van der Waals surface area contributed by atoms with Gasteiger partial charge in [0.15, 0.2) is 5.82 Å². The Morgan fingerprint density at radius 2 is 2.00 bits per heavy atom. The lowest BCUT2D eigenvalue weighted by atomic mass is 10.0. The number of carbonyl (C=O) groups excluding carboxylic acids is 1. The van der Waals surface area contributed by atoms with Gasteiger partial charge in [-0.2, -0.15) is 0 Å². The Kier molecular flexibility index (Phi) is 5.48. The predicted molar refractivity (Wildman–Crippen MR) is 110 cm³/mol. The Morgan fingerprint density at radius 1 is 1.17 bits per heavy atom. The molecule has 1 aliphatic rings. The van der Waals surface area contributed by atoms with Crippen LogP contribution in [0, 0.1) is 6.92 Å². The molecule has 3 aromatic rings. The Hall–Kier alpha value is -3.32. The lowest BCUT2D eigenvalue weighted by Gasteiger charge is -2.28. The zero-order chi connectivity index (χ0) is 20.2. The summed E-state index contributed by atoms with van der Waals surface area (Å²) in [6, 6.07) is 13.0. The van der Waals surface area contributed by atoms with Gasteiger partial charge in [-0.15, -0.1) is 0 Å². The summed E-state index contributed by atoms with van der Waals surface area (Å²) in [6.45, 7) is 2.55. The molecule has 0 aliphatic carbocycles. The third-order valence-electron chi connectivity index (χ3n) is 5.08. The van der Waals surface area contributed by atoms with Gasteiger partial charge in [0.05, 0.1) is 6.04 Å². The van der Waals surface area contributed by atoms with Crippen molar-refractivity contribution in [1.29, 1.82) is 0 Å². The molecule has 148 valence electrons. The van der Waals surface area contributed by atoms with Crippen LogP contribution in [0.25, 0.3) is 11.4 Å². The normalized spacial score (nSPS) is 18.4. The van der Waals surface area contributed by atoms with Crippen molar-refractivity contribution >= 4 is 11.7 Å². The molecule has 7 nitrogen and oxygen atoms in total. The summed E-state index contributed by atoms with van der Waals surface area (Å²) in [6.07, 6.45) is 5.88. The van der Waals surface area contributed by atoms with Crippen molar-refractivity contribution in [3.05, 3.63) is 72.3 Å². The number of nitrogens with zero attached hydrogens (tertiary/aromatic N) is 4. The summed E-state index contributed by atoms with van der Waals surface area (Å²) in [4.78, 5) is 27.4. The highest BCUT2D eigenvalue weighted by atomic mass is 16.5. The Labute approximate surface area is 169 Å². The van der Waals surface area contributed by atoms with E-state index in [2.05, 4.69) is 20.3 Å². The minimum absolute atomic E-state index is 0.0424. The van der Waals surface area contributed by atoms with Crippen LogP contribution in [0.2, 0.25) is 0 Å². The maximum Gasteiger partial charge on any atom is 0.321 e. The standard InChI is InChI=1S/C22H23N5O2/c1-15-9-12-24-21(25-15)16-5-7-18(8-6-16)26-22(28)27(2)19-10-13-29-20(19)17-4-3-11-23-14-17/h3-9,11-12,14,19-20H,10,13H2,1-2H3,(H,26,28)/t19-,20+/m0/s1. The number of hydrogen-bond acceptors (Lipinski definition) is 5. The van der Waals surface area contributed by atoms with Crippen molar-refractivity contribution in [2.75, 3.05) is 19.0 Å². The van der Waals surface area contributed by atoms with Gasteiger partial charge in [-0.1, -0.05) is 6.07 Å². The van der Waals surface area contributed by atoms with E-state index in [9.17, 15) is 4.79 Å². The van der Waals surface area contributed by atoms with Gasteiger partial charge in [-0.05, 0) is 49.7 Å². The number of rotatable bonds is 4. The quantitative estimate of drug-likeness (QED) is 0.733. The van der Waals surface area contributed by atoms with Crippen LogP contribution in [0.4, 0.5) is 10.5 Å². The maximum absolute atomic E-state index is 12.8. The van der Waals surface area contributed by atoms with Gasteiger partial charge < -0.3 is 15.0 Å². The molecule has 7 heteroatoms. The summed E-state index contributed by atoms with van der Waals surface area (Å²) in [5.41, 5.74) is 3.52. The van der Waals surface area contributed by atoms with E-state index in [1.54, 1.807) is 30.5 Å². The highest BCUT2D eigenvalue weighted by Gasteiger charge is 2.35. The van der Waals surface area contributed by atoms with E-state index >= 15 is 0 Å². The number of urea groups is 1. The molecule has 1 saturated heterocycles. The van der Waals surface area contributed by atoms with Crippen molar-refractivity contribution in [2.24, 2.45) is 0 Å². The molecule has 0 unspecified atom stereocenters. The number of anilines is 1. The van der Waals surface area contributed by atoms with Gasteiger partial charge in [0.25, 0.3) is 0 Å². The van der Waals surface area contributed by atoms with Gasteiger partial charge >= 0.3 is 6.03 Å². The van der Waals surface area contributed by atoms with Crippen LogP contribution in [0.1, 0.15) is 23.8 Å². The third-order valence-corrected chi connectivity index (χ3v) is 5.08. The summed E-state index contributed by atoms with van der Waals surface area (Å²) in [7, 11) is 1.80. The number of likely N-dealkylation sites (N-methyl/N-ethyl adjacent to an activating group) is 1. The molecule has 1 fully saturated rings. The van der Waals surface area contributed by atoms with Crippen LogP contribution in [-0.4, -0.2) is 45.6 Å². The molecule has 2 aromatic heterocycles. The largest absolute Gasteiger partial charge is 0.371 e. The average Bonchev–Trinajstić information content (AvgIpc) is 3.24. The smallest absolute Gasteiger partial charge is 0.321 e. The lowest BCUT2D eigenvalue weighted by Crippen LogP contribution is -2.41. The molecule has 0 radical (unpaired) electrons. The Balaban J connectivity index is 1.43. The molecule has 29 heavy (non-hydrogen) atoms.